The third-order valence-electron chi connectivity index (χ3n) is 1.81. The van der Waals surface area contributed by atoms with Crippen molar-refractivity contribution in [3.05, 3.63) is 0 Å². The molecule has 1 aliphatic rings. The van der Waals surface area contributed by atoms with E-state index >= 15 is 0 Å². The third kappa shape index (κ3) is 1.73. The van der Waals surface area contributed by atoms with E-state index in [-0.39, 0.29) is 13.0 Å². The van der Waals surface area contributed by atoms with Gasteiger partial charge in [-0.25, -0.2) is 4.79 Å². The molecule has 1 saturated heterocycles. The Morgan fingerprint density at radius 2 is 1.92 bits per heavy atom. The van der Waals surface area contributed by atoms with Crippen molar-refractivity contribution >= 4 is 11.9 Å². The van der Waals surface area contributed by atoms with Gasteiger partial charge in [-0.2, -0.15) is 13.2 Å². The zero-order valence-electron chi connectivity index (χ0n) is 6.34. The molecule has 0 aromatic carbocycles. The highest BCUT2D eigenvalue weighted by Crippen LogP contribution is 2.26. The Hall–Kier alpha value is -1.27. The van der Waals surface area contributed by atoms with Gasteiger partial charge in [0.05, 0.1) is 0 Å². The average Bonchev–Trinajstić information content (AvgIpc) is 1.80. The fraction of sp³-hybridized carbons (Fsp3) is 0.667. The molecule has 1 amide bonds. The molecule has 0 aromatic heterocycles. The molecule has 0 radical (unpaired) electrons. The summed E-state index contributed by atoms with van der Waals surface area (Å²) in [6.45, 7) is -0.144. The zero-order valence-corrected chi connectivity index (χ0v) is 6.34. The molecule has 1 rings (SSSR count). The van der Waals surface area contributed by atoms with Gasteiger partial charge in [0.25, 0.3) is 0 Å². The summed E-state index contributed by atoms with van der Waals surface area (Å²) in [4.78, 5) is 21.1. The summed E-state index contributed by atoms with van der Waals surface area (Å²) in [5, 5.41) is 8.36. The first-order valence-electron chi connectivity index (χ1n) is 3.44. The number of aliphatic carboxylic acids is 1. The van der Waals surface area contributed by atoms with Crippen LogP contribution in [0.15, 0.2) is 0 Å². The zero-order chi connectivity index (χ0) is 10.2. The highest BCUT2D eigenvalue weighted by molar-refractivity contribution is 5.88. The number of amides is 1. The van der Waals surface area contributed by atoms with Crippen molar-refractivity contribution in [1.82, 2.24) is 4.90 Å². The summed E-state index contributed by atoms with van der Waals surface area (Å²) < 4.78 is 35.3. The summed E-state index contributed by atoms with van der Waals surface area (Å²) in [6, 6.07) is -1.31. The lowest BCUT2D eigenvalue weighted by atomic mass is 10.0. The van der Waals surface area contributed by atoms with Crippen molar-refractivity contribution in [3.8, 4) is 0 Å². The van der Waals surface area contributed by atoms with Crippen LogP contribution in [-0.4, -0.2) is 40.6 Å². The number of carboxylic acids is 1. The van der Waals surface area contributed by atoms with E-state index < -0.39 is 24.1 Å². The van der Waals surface area contributed by atoms with Crippen LogP contribution in [0.5, 0.6) is 0 Å². The van der Waals surface area contributed by atoms with Crippen LogP contribution in [0.25, 0.3) is 0 Å². The fourth-order valence-corrected chi connectivity index (χ4v) is 1.05. The standard InChI is InChI=1S/C6H6F3NO3/c7-6(8,9)5(13)10-2-1-3(10)4(11)12/h3H,1-2H2,(H,11,12)/t3-/m1/s1. The number of halogens is 3. The third-order valence-corrected chi connectivity index (χ3v) is 1.81. The first-order valence-corrected chi connectivity index (χ1v) is 3.44. The molecule has 1 N–H and O–H groups in total. The van der Waals surface area contributed by atoms with Crippen molar-refractivity contribution in [2.45, 2.75) is 18.6 Å². The number of likely N-dealkylation sites (tertiary alicyclic amines) is 1. The summed E-state index contributed by atoms with van der Waals surface area (Å²) in [6.07, 6.45) is -4.90. The molecule has 1 heterocycles. The second-order valence-electron chi connectivity index (χ2n) is 2.64. The predicted molar refractivity (Wildman–Crippen MR) is 33.8 cm³/mol. The molecule has 0 unspecified atom stereocenters. The van der Waals surface area contributed by atoms with Crippen LogP contribution in [0.1, 0.15) is 6.42 Å². The molecule has 1 atom stereocenters. The number of carboxylic acid groups (broad SMARTS) is 1. The maximum atomic E-state index is 11.8. The quantitative estimate of drug-likeness (QED) is 0.654. The van der Waals surface area contributed by atoms with E-state index in [4.69, 9.17) is 5.11 Å². The molecule has 74 valence electrons. The summed E-state index contributed by atoms with van der Waals surface area (Å²) in [5.74, 6) is -3.48. The minimum absolute atomic E-state index is 0.0805. The van der Waals surface area contributed by atoms with E-state index in [9.17, 15) is 22.8 Å². The largest absolute Gasteiger partial charge is 0.480 e. The Balaban J connectivity index is 2.65. The van der Waals surface area contributed by atoms with E-state index in [1.807, 2.05) is 0 Å². The summed E-state index contributed by atoms with van der Waals surface area (Å²) >= 11 is 0. The fourth-order valence-electron chi connectivity index (χ4n) is 1.05. The van der Waals surface area contributed by atoms with Gasteiger partial charge in [-0.05, 0) is 6.42 Å². The highest BCUT2D eigenvalue weighted by Gasteiger charge is 2.49. The topological polar surface area (TPSA) is 57.6 Å². The maximum absolute atomic E-state index is 11.8. The predicted octanol–water partition coefficient (Wildman–Crippen LogP) is 0.234. The van der Waals surface area contributed by atoms with Crippen molar-refractivity contribution in [1.29, 1.82) is 0 Å². The van der Waals surface area contributed by atoms with Crippen LogP contribution in [0.4, 0.5) is 13.2 Å². The van der Waals surface area contributed by atoms with E-state index in [0.29, 0.717) is 4.90 Å². The van der Waals surface area contributed by atoms with Crippen LogP contribution < -0.4 is 0 Å². The molecule has 0 spiro atoms. The second kappa shape index (κ2) is 2.90. The Labute approximate surface area is 70.9 Å². The number of carbonyl (C=O) groups excluding carboxylic acids is 1. The molecular formula is C6H6F3NO3. The lowest BCUT2D eigenvalue weighted by molar-refractivity contribution is -0.195. The molecule has 0 aliphatic carbocycles. The van der Waals surface area contributed by atoms with Gasteiger partial charge >= 0.3 is 18.1 Å². The molecule has 4 nitrogen and oxygen atoms in total. The van der Waals surface area contributed by atoms with E-state index in [1.54, 1.807) is 0 Å². The smallest absolute Gasteiger partial charge is 0.471 e. The molecule has 13 heavy (non-hydrogen) atoms. The van der Waals surface area contributed by atoms with Crippen LogP contribution in [-0.2, 0) is 9.59 Å². The van der Waals surface area contributed by atoms with Gasteiger partial charge in [0.15, 0.2) is 0 Å². The van der Waals surface area contributed by atoms with Crippen molar-refractivity contribution in [3.63, 3.8) is 0 Å². The maximum Gasteiger partial charge on any atom is 0.471 e. The SMILES string of the molecule is O=C(O)[C@H]1CCN1C(=O)C(F)(F)F. The number of hydrogen-bond donors (Lipinski definition) is 1. The van der Waals surface area contributed by atoms with Crippen molar-refractivity contribution < 1.29 is 27.9 Å². The minimum Gasteiger partial charge on any atom is -0.480 e. The highest BCUT2D eigenvalue weighted by atomic mass is 19.4. The molecule has 0 aromatic rings. The average molecular weight is 197 g/mol. The lowest BCUT2D eigenvalue weighted by Gasteiger charge is -2.37. The summed E-state index contributed by atoms with van der Waals surface area (Å²) in [5.41, 5.74) is 0. The van der Waals surface area contributed by atoms with Crippen LogP contribution in [0.3, 0.4) is 0 Å². The van der Waals surface area contributed by atoms with Crippen LogP contribution >= 0.6 is 0 Å². The molecule has 1 aliphatic heterocycles. The molecule has 0 bridgehead atoms. The van der Waals surface area contributed by atoms with E-state index in [0.717, 1.165) is 0 Å². The first-order chi connectivity index (χ1) is 5.84. The Morgan fingerprint density at radius 1 is 1.38 bits per heavy atom. The second-order valence-corrected chi connectivity index (χ2v) is 2.64. The molecule has 0 saturated carbocycles. The molecule has 7 heteroatoms. The Bertz CT molecular complexity index is 250. The monoisotopic (exact) mass is 197 g/mol. The molecule has 1 fully saturated rings. The van der Waals surface area contributed by atoms with Crippen LogP contribution in [0.2, 0.25) is 0 Å². The van der Waals surface area contributed by atoms with E-state index in [2.05, 4.69) is 0 Å². The Morgan fingerprint density at radius 3 is 2.15 bits per heavy atom. The lowest BCUT2D eigenvalue weighted by Crippen LogP contribution is -2.58. The van der Waals surface area contributed by atoms with Gasteiger partial charge in [0.1, 0.15) is 6.04 Å². The van der Waals surface area contributed by atoms with Crippen molar-refractivity contribution in [2.75, 3.05) is 6.54 Å². The minimum atomic E-state index is -4.98. The number of alkyl halides is 3. The Kier molecular flexibility index (Phi) is 2.19. The van der Waals surface area contributed by atoms with Gasteiger partial charge in [-0.15, -0.1) is 0 Å². The normalized spacial score (nSPS) is 22.4. The number of hydrogen-bond acceptors (Lipinski definition) is 2. The van der Waals surface area contributed by atoms with Gasteiger partial charge < -0.3 is 10.0 Å². The number of carbonyl (C=O) groups is 2. The van der Waals surface area contributed by atoms with Gasteiger partial charge in [0, 0.05) is 6.54 Å². The first kappa shape index (κ1) is 9.82. The summed E-state index contributed by atoms with van der Waals surface area (Å²) in [7, 11) is 0. The van der Waals surface area contributed by atoms with Gasteiger partial charge in [-0.3, -0.25) is 4.79 Å². The van der Waals surface area contributed by atoms with Gasteiger partial charge in [-0.1, -0.05) is 0 Å². The number of rotatable bonds is 1. The van der Waals surface area contributed by atoms with E-state index in [1.165, 1.54) is 0 Å². The van der Waals surface area contributed by atoms with Crippen molar-refractivity contribution in [2.24, 2.45) is 0 Å². The van der Waals surface area contributed by atoms with Gasteiger partial charge in [0.2, 0.25) is 0 Å². The molecular weight excluding hydrogens is 191 g/mol. The van der Waals surface area contributed by atoms with Crippen LogP contribution in [0, 0.1) is 0 Å². The number of nitrogens with zero attached hydrogens (tertiary/aromatic N) is 1.